The summed E-state index contributed by atoms with van der Waals surface area (Å²) in [4.78, 5) is 35.7. The van der Waals surface area contributed by atoms with Crippen molar-refractivity contribution < 1.29 is 28.3 Å². The first-order valence-corrected chi connectivity index (χ1v) is 9.06. The smallest absolute Gasteiger partial charge is 0.408 e. The minimum Gasteiger partial charge on any atom is -0.469 e. The van der Waals surface area contributed by atoms with Crippen LogP contribution < -0.4 is 5.32 Å². The molecule has 0 bridgehead atoms. The minimum absolute atomic E-state index is 0.0333. The molecule has 0 fully saturated rings. The number of thioether (sulfide) groups is 1. The molecule has 0 saturated heterocycles. The Balaban J connectivity index is 2.56. The van der Waals surface area contributed by atoms with Gasteiger partial charge in [0.25, 0.3) is 0 Å². The van der Waals surface area contributed by atoms with Crippen molar-refractivity contribution in [3.63, 3.8) is 0 Å². The van der Waals surface area contributed by atoms with E-state index in [4.69, 9.17) is 9.15 Å². The Hall–Kier alpha value is -1.96. The SMILES string of the molecule is COC(=O)CCC(NC(=O)OC(C)(C)C)C(=O)CSCc1ccco1. The average molecular weight is 371 g/mol. The number of furan rings is 1. The maximum Gasteiger partial charge on any atom is 0.408 e. The summed E-state index contributed by atoms with van der Waals surface area (Å²) in [6.45, 7) is 5.20. The van der Waals surface area contributed by atoms with Crippen LogP contribution in [0.2, 0.25) is 0 Å². The number of methoxy groups -OCH3 is 1. The molecule has 0 saturated carbocycles. The number of nitrogens with one attached hydrogen (secondary N) is 1. The van der Waals surface area contributed by atoms with Gasteiger partial charge in [-0.3, -0.25) is 9.59 Å². The Morgan fingerprint density at radius 3 is 2.60 bits per heavy atom. The molecular weight excluding hydrogens is 346 g/mol. The lowest BCUT2D eigenvalue weighted by atomic mass is 10.1. The second kappa shape index (κ2) is 10.1. The maximum atomic E-state index is 12.4. The molecule has 0 aliphatic rings. The van der Waals surface area contributed by atoms with Crippen molar-refractivity contribution in [1.82, 2.24) is 5.32 Å². The number of carbonyl (C=O) groups excluding carboxylic acids is 3. The summed E-state index contributed by atoms with van der Waals surface area (Å²) in [6.07, 6.45) is 1.07. The number of hydrogen-bond donors (Lipinski definition) is 1. The van der Waals surface area contributed by atoms with E-state index in [0.717, 1.165) is 5.76 Å². The molecule has 7 nitrogen and oxygen atoms in total. The number of rotatable bonds is 9. The van der Waals surface area contributed by atoms with Crippen LogP contribution in [0.1, 0.15) is 39.4 Å². The van der Waals surface area contributed by atoms with Crippen molar-refractivity contribution in [3.05, 3.63) is 24.2 Å². The Bertz CT molecular complexity index is 564. The first-order valence-electron chi connectivity index (χ1n) is 7.90. The molecule has 0 radical (unpaired) electrons. The lowest BCUT2D eigenvalue weighted by Gasteiger charge is -2.23. The minimum atomic E-state index is -0.807. The third-order valence-corrected chi connectivity index (χ3v) is 3.99. The fraction of sp³-hybridized carbons (Fsp3) is 0.588. The first kappa shape index (κ1) is 21.1. The third kappa shape index (κ3) is 9.19. The second-order valence-corrected chi connectivity index (χ2v) is 7.34. The summed E-state index contributed by atoms with van der Waals surface area (Å²) in [7, 11) is 1.28. The molecule has 0 aliphatic heterocycles. The van der Waals surface area contributed by atoms with Crippen LogP contribution in [-0.2, 0) is 24.8 Å². The number of Topliss-reactive ketones (excluding diaryl/α,β-unsaturated/α-hetero) is 1. The standard InChI is InChI=1S/C17H25NO6S/c1-17(2,3)24-16(21)18-13(7-8-15(20)22-4)14(19)11-25-10-12-6-5-9-23-12/h5-6,9,13H,7-8,10-11H2,1-4H3,(H,18,21). The quantitative estimate of drug-likeness (QED) is 0.667. The van der Waals surface area contributed by atoms with Gasteiger partial charge < -0.3 is 19.2 Å². The Labute approximate surface area is 151 Å². The van der Waals surface area contributed by atoms with Crippen molar-refractivity contribution in [3.8, 4) is 0 Å². The number of alkyl carbamates (subject to hydrolysis) is 1. The lowest BCUT2D eigenvalue weighted by Crippen LogP contribution is -2.44. The molecule has 1 aromatic heterocycles. The summed E-state index contributed by atoms with van der Waals surface area (Å²) in [5, 5.41) is 2.54. The van der Waals surface area contributed by atoms with Gasteiger partial charge in [-0.1, -0.05) is 0 Å². The van der Waals surface area contributed by atoms with Crippen molar-refractivity contribution in [2.75, 3.05) is 12.9 Å². The molecule has 1 atom stereocenters. The summed E-state index contributed by atoms with van der Waals surface area (Å²) in [5.74, 6) is 0.874. The molecule has 1 N–H and O–H groups in total. The second-order valence-electron chi connectivity index (χ2n) is 6.35. The van der Waals surface area contributed by atoms with Crippen molar-refractivity contribution in [1.29, 1.82) is 0 Å². The van der Waals surface area contributed by atoms with Crippen LogP contribution in [0.3, 0.4) is 0 Å². The van der Waals surface area contributed by atoms with Crippen LogP contribution in [0, 0.1) is 0 Å². The maximum absolute atomic E-state index is 12.4. The summed E-state index contributed by atoms with van der Waals surface area (Å²) in [6, 6.07) is 2.80. The number of amides is 1. The van der Waals surface area contributed by atoms with Crippen LogP contribution >= 0.6 is 11.8 Å². The van der Waals surface area contributed by atoms with Gasteiger partial charge in [-0.05, 0) is 39.3 Å². The van der Waals surface area contributed by atoms with Crippen LogP contribution in [0.5, 0.6) is 0 Å². The highest BCUT2D eigenvalue weighted by atomic mass is 32.2. The lowest BCUT2D eigenvalue weighted by molar-refractivity contribution is -0.140. The van der Waals surface area contributed by atoms with E-state index in [2.05, 4.69) is 10.1 Å². The van der Waals surface area contributed by atoms with Crippen molar-refractivity contribution >= 4 is 29.6 Å². The van der Waals surface area contributed by atoms with E-state index in [9.17, 15) is 14.4 Å². The topological polar surface area (TPSA) is 94.8 Å². The molecule has 1 aromatic rings. The molecule has 1 heterocycles. The molecule has 1 rings (SSSR count). The number of ether oxygens (including phenoxy) is 2. The summed E-state index contributed by atoms with van der Waals surface area (Å²) in [5.41, 5.74) is -0.673. The van der Waals surface area contributed by atoms with Crippen LogP contribution in [-0.4, -0.2) is 42.4 Å². The van der Waals surface area contributed by atoms with Gasteiger partial charge in [0.05, 0.1) is 30.9 Å². The van der Waals surface area contributed by atoms with Gasteiger partial charge in [0, 0.05) is 6.42 Å². The number of carbonyl (C=O) groups is 3. The average Bonchev–Trinajstić information content (AvgIpc) is 3.02. The van der Waals surface area contributed by atoms with Gasteiger partial charge in [0.1, 0.15) is 11.4 Å². The molecular formula is C17H25NO6S. The zero-order valence-electron chi connectivity index (χ0n) is 15.0. The van der Waals surface area contributed by atoms with E-state index >= 15 is 0 Å². The van der Waals surface area contributed by atoms with Gasteiger partial charge in [-0.2, -0.15) is 0 Å². The number of esters is 1. The van der Waals surface area contributed by atoms with Crippen molar-refractivity contribution in [2.24, 2.45) is 0 Å². The number of ketones is 1. The molecule has 140 valence electrons. The molecule has 0 aromatic carbocycles. The normalized spacial score (nSPS) is 12.3. The van der Waals surface area contributed by atoms with Crippen LogP contribution in [0.15, 0.2) is 22.8 Å². The van der Waals surface area contributed by atoms with Gasteiger partial charge in [-0.15, -0.1) is 11.8 Å². The Morgan fingerprint density at radius 2 is 2.04 bits per heavy atom. The fourth-order valence-corrected chi connectivity index (χ4v) is 2.75. The molecule has 0 spiro atoms. The molecule has 1 unspecified atom stereocenters. The highest BCUT2D eigenvalue weighted by molar-refractivity contribution is 7.99. The zero-order valence-corrected chi connectivity index (χ0v) is 15.8. The Morgan fingerprint density at radius 1 is 1.32 bits per heavy atom. The van der Waals surface area contributed by atoms with Crippen LogP contribution in [0.4, 0.5) is 4.79 Å². The predicted molar refractivity (Wildman–Crippen MR) is 94.3 cm³/mol. The number of hydrogen-bond acceptors (Lipinski definition) is 7. The molecule has 0 aliphatic carbocycles. The van der Waals surface area contributed by atoms with E-state index in [0.29, 0.717) is 5.75 Å². The largest absolute Gasteiger partial charge is 0.469 e. The van der Waals surface area contributed by atoms with E-state index in [1.54, 1.807) is 33.1 Å². The Kier molecular flexibility index (Phi) is 8.54. The van der Waals surface area contributed by atoms with Gasteiger partial charge in [-0.25, -0.2) is 4.79 Å². The fourth-order valence-electron chi connectivity index (χ4n) is 1.88. The van der Waals surface area contributed by atoms with Crippen molar-refractivity contribution in [2.45, 2.75) is 51.0 Å². The zero-order chi connectivity index (χ0) is 18.9. The van der Waals surface area contributed by atoms with E-state index in [-0.39, 0.29) is 24.4 Å². The van der Waals surface area contributed by atoms with E-state index in [1.807, 2.05) is 6.07 Å². The van der Waals surface area contributed by atoms with Gasteiger partial charge in [0.15, 0.2) is 5.78 Å². The molecule has 8 heteroatoms. The molecule has 1 amide bonds. The van der Waals surface area contributed by atoms with Gasteiger partial charge in [0.2, 0.25) is 0 Å². The predicted octanol–water partition coefficient (Wildman–Crippen LogP) is 2.93. The summed E-state index contributed by atoms with van der Waals surface area (Å²) < 4.78 is 15.0. The van der Waals surface area contributed by atoms with Gasteiger partial charge >= 0.3 is 12.1 Å². The van der Waals surface area contributed by atoms with E-state index in [1.165, 1.54) is 18.9 Å². The summed E-state index contributed by atoms with van der Waals surface area (Å²) >= 11 is 1.38. The van der Waals surface area contributed by atoms with Crippen LogP contribution in [0.25, 0.3) is 0 Å². The molecule has 25 heavy (non-hydrogen) atoms. The van der Waals surface area contributed by atoms with E-state index < -0.39 is 23.7 Å². The first-order chi connectivity index (χ1) is 11.7. The highest BCUT2D eigenvalue weighted by Crippen LogP contribution is 2.15. The third-order valence-electron chi connectivity index (χ3n) is 3.01. The highest BCUT2D eigenvalue weighted by Gasteiger charge is 2.25. The monoisotopic (exact) mass is 371 g/mol.